The zero-order chi connectivity index (χ0) is 18.4. The molecule has 2 rings (SSSR count). The number of rotatable bonds is 8. The van der Waals surface area contributed by atoms with Crippen LogP contribution in [-0.2, 0) is 28.9 Å². The summed E-state index contributed by atoms with van der Waals surface area (Å²) >= 11 is 12.2. The third-order valence-electron chi connectivity index (χ3n) is 3.62. The van der Waals surface area contributed by atoms with E-state index in [4.69, 9.17) is 27.9 Å². The first-order chi connectivity index (χ1) is 12.0. The first-order valence-corrected chi connectivity index (χ1v) is 8.67. The number of carbonyl (C=O) groups excluding carboxylic acids is 1. The molecular formula is C17H21Cl2N3O3. The second kappa shape index (κ2) is 9.20. The second-order valence-corrected chi connectivity index (χ2v) is 6.38. The fourth-order valence-corrected chi connectivity index (χ4v) is 3.20. The molecule has 0 radical (unpaired) electrons. The maximum absolute atomic E-state index is 12.0. The zero-order valence-corrected chi connectivity index (χ0v) is 15.7. The van der Waals surface area contributed by atoms with Gasteiger partial charge in [-0.15, -0.1) is 0 Å². The number of nitrogens with one attached hydrogen (secondary N) is 1. The lowest BCUT2D eigenvalue weighted by atomic mass is 10.0. The highest BCUT2D eigenvalue weighted by molar-refractivity contribution is 6.34. The molecular weight excluding hydrogens is 365 g/mol. The Morgan fingerprint density at radius 2 is 2.00 bits per heavy atom. The van der Waals surface area contributed by atoms with Crippen molar-refractivity contribution >= 4 is 34.9 Å². The van der Waals surface area contributed by atoms with Gasteiger partial charge in [-0.1, -0.05) is 30.1 Å². The van der Waals surface area contributed by atoms with E-state index in [0.29, 0.717) is 28.7 Å². The van der Waals surface area contributed by atoms with Crippen LogP contribution < -0.4 is 5.32 Å². The summed E-state index contributed by atoms with van der Waals surface area (Å²) in [5, 5.41) is 17.7. The number of hydrogen-bond acceptors (Lipinski definition) is 4. The largest absolute Gasteiger partial charge is 0.394 e. The van der Waals surface area contributed by atoms with Crippen LogP contribution in [0.2, 0.25) is 10.0 Å². The minimum Gasteiger partial charge on any atom is -0.394 e. The van der Waals surface area contributed by atoms with Crippen LogP contribution in [-0.4, -0.2) is 41.1 Å². The van der Waals surface area contributed by atoms with Crippen molar-refractivity contribution in [1.82, 2.24) is 9.78 Å². The number of amides is 1. The molecule has 1 amide bonds. The minimum absolute atomic E-state index is 0.0613. The van der Waals surface area contributed by atoms with Crippen molar-refractivity contribution in [2.24, 2.45) is 0 Å². The minimum atomic E-state index is -0.283. The van der Waals surface area contributed by atoms with Crippen LogP contribution in [0.1, 0.15) is 23.7 Å². The Morgan fingerprint density at radius 1 is 1.32 bits per heavy atom. The Balaban J connectivity index is 2.43. The number of aromatic nitrogens is 2. The number of ether oxygens (including phenoxy) is 1. The topological polar surface area (TPSA) is 76.4 Å². The fraction of sp³-hybridized carbons (Fsp3) is 0.412. The van der Waals surface area contributed by atoms with E-state index < -0.39 is 0 Å². The van der Waals surface area contributed by atoms with Crippen molar-refractivity contribution in [3.63, 3.8) is 0 Å². The van der Waals surface area contributed by atoms with Crippen molar-refractivity contribution in [1.29, 1.82) is 0 Å². The normalized spacial score (nSPS) is 10.9. The molecule has 0 bridgehead atoms. The number of methoxy groups -OCH3 is 1. The average Bonchev–Trinajstić information content (AvgIpc) is 2.84. The number of aliphatic hydroxyl groups is 1. The molecule has 8 heteroatoms. The highest BCUT2D eigenvalue weighted by Gasteiger charge is 2.19. The summed E-state index contributed by atoms with van der Waals surface area (Å²) in [6.07, 6.45) is 1.20. The number of aliphatic hydroxyl groups excluding tert-OH is 1. The molecule has 0 aliphatic heterocycles. The predicted octanol–water partition coefficient (Wildman–Crippen LogP) is 2.92. The average molecular weight is 386 g/mol. The van der Waals surface area contributed by atoms with Crippen molar-refractivity contribution in [2.75, 3.05) is 25.6 Å². The SMILES string of the molecule is CCc1nn(CCO)c(NC(=O)COC)c1Cc1cc(Cl)cc(Cl)c1. The molecule has 0 atom stereocenters. The van der Waals surface area contributed by atoms with E-state index in [1.807, 2.05) is 19.1 Å². The molecule has 0 saturated carbocycles. The fourth-order valence-electron chi connectivity index (χ4n) is 2.63. The maximum Gasteiger partial charge on any atom is 0.251 e. The van der Waals surface area contributed by atoms with Gasteiger partial charge in [0.2, 0.25) is 0 Å². The monoisotopic (exact) mass is 385 g/mol. The Labute approximate surface area is 156 Å². The molecule has 1 heterocycles. The van der Waals surface area contributed by atoms with Gasteiger partial charge in [0, 0.05) is 29.1 Å². The lowest BCUT2D eigenvalue weighted by molar-refractivity contribution is -0.119. The van der Waals surface area contributed by atoms with E-state index in [0.717, 1.165) is 16.8 Å². The van der Waals surface area contributed by atoms with Gasteiger partial charge in [0.1, 0.15) is 12.4 Å². The summed E-state index contributed by atoms with van der Waals surface area (Å²) in [5.41, 5.74) is 2.63. The van der Waals surface area contributed by atoms with E-state index in [1.165, 1.54) is 7.11 Å². The molecule has 25 heavy (non-hydrogen) atoms. The number of hydrogen-bond donors (Lipinski definition) is 2. The Morgan fingerprint density at radius 3 is 2.56 bits per heavy atom. The van der Waals surface area contributed by atoms with Crippen LogP contribution >= 0.6 is 23.2 Å². The molecule has 0 saturated heterocycles. The number of halogens is 2. The van der Waals surface area contributed by atoms with Gasteiger partial charge in [0.15, 0.2) is 0 Å². The Hall–Kier alpha value is -1.60. The van der Waals surface area contributed by atoms with Crippen LogP contribution in [0.5, 0.6) is 0 Å². The molecule has 0 fully saturated rings. The standard InChI is InChI=1S/C17H21Cl2N3O3/c1-3-15-14(8-11-6-12(18)9-13(19)7-11)17(20-16(24)10-25-2)22(21-15)4-5-23/h6-7,9,23H,3-5,8,10H2,1-2H3,(H,20,24). The highest BCUT2D eigenvalue weighted by Crippen LogP contribution is 2.27. The molecule has 136 valence electrons. The summed E-state index contributed by atoms with van der Waals surface area (Å²) in [5.74, 6) is 0.277. The molecule has 0 aliphatic carbocycles. The third-order valence-corrected chi connectivity index (χ3v) is 4.05. The van der Waals surface area contributed by atoms with Crippen LogP contribution in [0, 0.1) is 0 Å². The van der Waals surface area contributed by atoms with Gasteiger partial charge in [-0.2, -0.15) is 5.10 Å². The molecule has 0 aliphatic rings. The summed E-state index contributed by atoms with van der Waals surface area (Å²) < 4.78 is 6.48. The maximum atomic E-state index is 12.0. The summed E-state index contributed by atoms with van der Waals surface area (Å²) in [7, 11) is 1.46. The van der Waals surface area contributed by atoms with Gasteiger partial charge in [-0.25, -0.2) is 4.68 Å². The van der Waals surface area contributed by atoms with Crippen LogP contribution in [0.3, 0.4) is 0 Å². The van der Waals surface area contributed by atoms with Crippen LogP contribution in [0.25, 0.3) is 0 Å². The quantitative estimate of drug-likeness (QED) is 0.732. The number of nitrogens with zero attached hydrogens (tertiary/aromatic N) is 2. The lowest BCUT2D eigenvalue weighted by Crippen LogP contribution is -2.21. The van der Waals surface area contributed by atoms with Crippen molar-refractivity contribution < 1.29 is 14.6 Å². The number of benzene rings is 1. The molecule has 0 unspecified atom stereocenters. The lowest BCUT2D eigenvalue weighted by Gasteiger charge is -2.11. The highest BCUT2D eigenvalue weighted by atomic mass is 35.5. The molecule has 1 aromatic carbocycles. The van der Waals surface area contributed by atoms with Crippen LogP contribution in [0.4, 0.5) is 5.82 Å². The first-order valence-electron chi connectivity index (χ1n) is 7.91. The van der Waals surface area contributed by atoms with Gasteiger partial charge in [0.05, 0.1) is 18.8 Å². The smallest absolute Gasteiger partial charge is 0.251 e. The van der Waals surface area contributed by atoms with E-state index in [9.17, 15) is 9.90 Å². The van der Waals surface area contributed by atoms with Gasteiger partial charge in [-0.05, 0) is 30.2 Å². The van der Waals surface area contributed by atoms with Crippen molar-refractivity contribution in [2.45, 2.75) is 26.3 Å². The predicted molar refractivity (Wildman–Crippen MR) is 98.5 cm³/mol. The van der Waals surface area contributed by atoms with Crippen molar-refractivity contribution in [3.8, 4) is 0 Å². The van der Waals surface area contributed by atoms with Gasteiger partial charge < -0.3 is 15.2 Å². The van der Waals surface area contributed by atoms with Crippen molar-refractivity contribution in [3.05, 3.63) is 45.1 Å². The second-order valence-electron chi connectivity index (χ2n) is 5.51. The Bertz CT molecular complexity index is 727. The van der Waals surface area contributed by atoms with Gasteiger partial charge in [-0.3, -0.25) is 4.79 Å². The van der Waals surface area contributed by atoms with E-state index in [1.54, 1.807) is 10.7 Å². The summed E-state index contributed by atoms with van der Waals surface area (Å²) in [6, 6.07) is 5.33. The molecule has 1 aromatic heterocycles. The molecule has 0 spiro atoms. The number of carbonyl (C=O) groups is 1. The summed E-state index contributed by atoms with van der Waals surface area (Å²) in [4.78, 5) is 12.0. The van der Waals surface area contributed by atoms with Gasteiger partial charge in [0.25, 0.3) is 5.91 Å². The molecule has 2 N–H and O–H groups in total. The number of aryl methyl sites for hydroxylation is 1. The van der Waals surface area contributed by atoms with E-state index >= 15 is 0 Å². The first kappa shape index (κ1) is 19.7. The van der Waals surface area contributed by atoms with E-state index in [2.05, 4.69) is 10.4 Å². The zero-order valence-electron chi connectivity index (χ0n) is 14.2. The number of anilines is 1. The van der Waals surface area contributed by atoms with E-state index in [-0.39, 0.29) is 25.7 Å². The van der Waals surface area contributed by atoms with Gasteiger partial charge >= 0.3 is 0 Å². The Kier molecular flexibility index (Phi) is 7.25. The van der Waals surface area contributed by atoms with Crippen LogP contribution in [0.15, 0.2) is 18.2 Å². The third kappa shape index (κ3) is 5.19. The summed E-state index contributed by atoms with van der Waals surface area (Å²) in [6.45, 7) is 2.13. The molecule has 2 aromatic rings. The molecule has 6 nitrogen and oxygen atoms in total.